The molecule has 0 aliphatic carbocycles. The molecule has 0 saturated carbocycles. The van der Waals surface area contributed by atoms with Crippen LogP contribution in [0.25, 0.3) is 11.3 Å². The van der Waals surface area contributed by atoms with Crippen LogP contribution >= 0.6 is 0 Å². The average Bonchev–Trinajstić information content (AvgIpc) is 3.09. The molecule has 0 radical (unpaired) electrons. The van der Waals surface area contributed by atoms with Crippen LogP contribution in [0.3, 0.4) is 0 Å². The minimum atomic E-state index is -0.206. The van der Waals surface area contributed by atoms with Crippen LogP contribution in [0.15, 0.2) is 51.8 Å². The van der Waals surface area contributed by atoms with Crippen molar-refractivity contribution >= 4 is 11.7 Å². The summed E-state index contributed by atoms with van der Waals surface area (Å²) in [6.45, 7) is 4.62. The molecule has 2 aromatic heterocycles. The number of carbonyl (C=O) groups excluding carboxylic acids is 1. The molecule has 0 aliphatic rings. The SMILES string of the molecule is CCOc1ccc(-c2ccc(=O)n(CCCC(=O)Nc3cc(C)on3)n2)cc1. The fourth-order valence-corrected chi connectivity index (χ4v) is 2.67. The molecule has 1 N–H and O–H groups in total. The fourth-order valence-electron chi connectivity index (χ4n) is 2.67. The third-order valence-electron chi connectivity index (χ3n) is 4.00. The van der Waals surface area contributed by atoms with Gasteiger partial charge in [0.05, 0.1) is 12.3 Å². The van der Waals surface area contributed by atoms with Gasteiger partial charge in [-0.2, -0.15) is 5.10 Å². The highest BCUT2D eigenvalue weighted by Crippen LogP contribution is 2.20. The lowest BCUT2D eigenvalue weighted by atomic mass is 10.1. The number of aryl methyl sites for hydroxylation is 2. The maximum Gasteiger partial charge on any atom is 0.266 e. The lowest BCUT2D eigenvalue weighted by Crippen LogP contribution is -2.23. The summed E-state index contributed by atoms with van der Waals surface area (Å²) in [5.74, 6) is 1.60. The van der Waals surface area contributed by atoms with Gasteiger partial charge >= 0.3 is 0 Å². The van der Waals surface area contributed by atoms with Crippen LogP contribution in [0, 0.1) is 6.92 Å². The van der Waals surface area contributed by atoms with E-state index in [4.69, 9.17) is 9.26 Å². The Morgan fingerprint density at radius 2 is 2.00 bits per heavy atom. The number of carbonyl (C=O) groups is 1. The summed E-state index contributed by atoms with van der Waals surface area (Å²) in [4.78, 5) is 24.0. The lowest BCUT2D eigenvalue weighted by Gasteiger charge is -2.08. The molecule has 0 saturated heterocycles. The molecule has 1 aromatic carbocycles. The van der Waals surface area contributed by atoms with E-state index < -0.39 is 0 Å². The normalized spacial score (nSPS) is 10.6. The van der Waals surface area contributed by atoms with Gasteiger partial charge in [0.15, 0.2) is 5.82 Å². The molecular formula is C20H22N4O4. The molecule has 3 aromatic rings. The molecular weight excluding hydrogens is 360 g/mol. The molecule has 0 bridgehead atoms. The van der Waals surface area contributed by atoms with E-state index in [2.05, 4.69) is 15.6 Å². The monoisotopic (exact) mass is 382 g/mol. The molecule has 0 aliphatic heterocycles. The predicted octanol–water partition coefficient (Wildman–Crippen LogP) is 3.02. The van der Waals surface area contributed by atoms with Gasteiger partial charge in [-0.05, 0) is 50.6 Å². The first-order valence-electron chi connectivity index (χ1n) is 9.09. The number of nitrogens with zero attached hydrogens (tertiary/aromatic N) is 3. The van der Waals surface area contributed by atoms with E-state index >= 15 is 0 Å². The first kappa shape index (κ1) is 19.3. The third kappa shape index (κ3) is 5.06. The van der Waals surface area contributed by atoms with Crippen molar-refractivity contribution in [3.63, 3.8) is 0 Å². The average molecular weight is 382 g/mol. The van der Waals surface area contributed by atoms with E-state index in [9.17, 15) is 9.59 Å². The second-order valence-corrected chi connectivity index (χ2v) is 6.21. The number of rotatable bonds is 8. The highest BCUT2D eigenvalue weighted by Gasteiger charge is 2.08. The summed E-state index contributed by atoms with van der Waals surface area (Å²) >= 11 is 0. The van der Waals surface area contributed by atoms with Crippen molar-refractivity contribution in [2.75, 3.05) is 11.9 Å². The van der Waals surface area contributed by atoms with Crippen molar-refractivity contribution in [3.8, 4) is 17.0 Å². The minimum absolute atomic E-state index is 0.191. The molecule has 2 heterocycles. The number of ether oxygens (including phenoxy) is 1. The molecule has 0 fully saturated rings. The van der Waals surface area contributed by atoms with E-state index in [1.807, 2.05) is 31.2 Å². The van der Waals surface area contributed by atoms with Gasteiger partial charge in [0, 0.05) is 30.7 Å². The molecule has 0 unspecified atom stereocenters. The Bertz CT molecular complexity index is 992. The van der Waals surface area contributed by atoms with Crippen molar-refractivity contribution in [1.82, 2.24) is 14.9 Å². The number of hydrogen-bond acceptors (Lipinski definition) is 6. The number of anilines is 1. The van der Waals surface area contributed by atoms with Crippen LogP contribution in [0.4, 0.5) is 5.82 Å². The van der Waals surface area contributed by atoms with E-state index in [1.165, 1.54) is 10.7 Å². The van der Waals surface area contributed by atoms with Gasteiger partial charge < -0.3 is 14.6 Å². The van der Waals surface area contributed by atoms with Gasteiger partial charge in [0.1, 0.15) is 11.5 Å². The molecule has 0 spiro atoms. The Kier molecular flexibility index (Phi) is 6.21. The van der Waals surface area contributed by atoms with Crippen molar-refractivity contribution in [2.45, 2.75) is 33.2 Å². The van der Waals surface area contributed by atoms with E-state index in [1.54, 1.807) is 19.1 Å². The first-order chi connectivity index (χ1) is 13.5. The van der Waals surface area contributed by atoms with Gasteiger partial charge in [-0.3, -0.25) is 9.59 Å². The van der Waals surface area contributed by atoms with Crippen molar-refractivity contribution < 1.29 is 14.1 Å². The molecule has 28 heavy (non-hydrogen) atoms. The van der Waals surface area contributed by atoms with Crippen molar-refractivity contribution in [1.29, 1.82) is 0 Å². The Morgan fingerprint density at radius 1 is 1.21 bits per heavy atom. The zero-order valence-corrected chi connectivity index (χ0v) is 15.8. The highest BCUT2D eigenvalue weighted by atomic mass is 16.5. The summed E-state index contributed by atoms with van der Waals surface area (Å²) in [7, 11) is 0. The number of nitrogens with one attached hydrogen (secondary N) is 1. The van der Waals surface area contributed by atoms with Crippen LogP contribution in [0.5, 0.6) is 5.75 Å². The molecule has 0 atom stereocenters. The predicted molar refractivity (Wildman–Crippen MR) is 104 cm³/mol. The zero-order valence-electron chi connectivity index (χ0n) is 15.8. The minimum Gasteiger partial charge on any atom is -0.494 e. The lowest BCUT2D eigenvalue weighted by molar-refractivity contribution is -0.116. The largest absolute Gasteiger partial charge is 0.494 e. The molecule has 3 rings (SSSR count). The number of amides is 1. The van der Waals surface area contributed by atoms with Crippen LogP contribution < -0.4 is 15.6 Å². The Labute approximate surface area is 162 Å². The molecule has 8 nitrogen and oxygen atoms in total. The topological polar surface area (TPSA) is 99.2 Å². The standard InChI is InChI=1S/C20H22N4O4/c1-3-27-16-8-6-15(7-9-16)17-10-11-20(26)24(22-17)12-4-5-19(25)21-18-13-14(2)28-23-18/h6-11,13H,3-5,12H2,1-2H3,(H,21,23,25). The van der Waals surface area contributed by atoms with E-state index in [0.717, 1.165) is 11.3 Å². The van der Waals surface area contributed by atoms with Gasteiger partial charge in [-0.25, -0.2) is 4.68 Å². The smallest absolute Gasteiger partial charge is 0.266 e. The van der Waals surface area contributed by atoms with Crippen LogP contribution in [-0.2, 0) is 11.3 Å². The molecule has 8 heteroatoms. The Balaban J connectivity index is 1.60. The molecule has 146 valence electrons. The summed E-state index contributed by atoms with van der Waals surface area (Å²) in [6, 6.07) is 12.3. The summed E-state index contributed by atoms with van der Waals surface area (Å²) in [5, 5.41) is 10.8. The number of aromatic nitrogens is 3. The second kappa shape index (κ2) is 8.98. The summed E-state index contributed by atoms with van der Waals surface area (Å²) in [5.41, 5.74) is 1.36. The number of benzene rings is 1. The van der Waals surface area contributed by atoms with Crippen LogP contribution in [0.1, 0.15) is 25.5 Å². The zero-order chi connectivity index (χ0) is 19.9. The van der Waals surface area contributed by atoms with Gasteiger partial charge in [0.25, 0.3) is 5.56 Å². The Morgan fingerprint density at radius 3 is 2.68 bits per heavy atom. The quantitative estimate of drug-likeness (QED) is 0.643. The summed E-state index contributed by atoms with van der Waals surface area (Å²) in [6.07, 6.45) is 0.718. The van der Waals surface area contributed by atoms with Crippen LogP contribution in [-0.4, -0.2) is 27.5 Å². The summed E-state index contributed by atoms with van der Waals surface area (Å²) < 4.78 is 11.7. The Hall–Kier alpha value is -3.42. The highest BCUT2D eigenvalue weighted by molar-refractivity contribution is 5.89. The maximum atomic E-state index is 12.1. The van der Waals surface area contributed by atoms with Gasteiger partial charge in [-0.1, -0.05) is 5.16 Å². The maximum absolute atomic E-state index is 12.1. The van der Waals surface area contributed by atoms with Crippen LogP contribution in [0.2, 0.25) is 0 Å². The fraction of sp³-hybridized carbons (Fsp3) is 0.300. The van der Waals surface area contributed by atoms with Crippen molar-refractivity contribution in [3.05, 3.63) is 58.6 Å². The van der Waals surface area contributed by atoms with E-state index in [0.29, 0.717) is 36.8 Å². The first-order valence-corrected chi connectivity index (χ1v) is 9.09. The third-order valence-corrected chi connectivity index (χ3v) is 4.00. The van der Waals surface area contributed by atoms with E-state index in [-0.39, 0.29) is 17.9 Å². The van der Waals surface area contributed by atoms with Gasteiger partial charge in [-0.15, -0.1) is 0 Å². The van der Waals surface area contributed by atoms with Gasteiger partial charge in [0.2, 0.25) is 5.91 Å². The molecule has 1 amide bonds. The van der Waals surface area contributed by atoms with Crippen molar-refractivity contribution in [2.24, 2.45) is 0 Å². The number of hydrogen-bond donors (Lipinski definition) is 1. The second-order valence-electron chi connectivity index (χ2n) is 6.21.